The molecule has 0 unspecified atom stereocenters. The Morgan fingerprint density at radius 3 is 1.54 bits per heavy atom. The summed E-state index contributed by atoms with van der Waals surface area (Å²) in [5.41, 5.74) is 6.38. The zero-order chi connectivity index (χ0) is 27.8. The van der Waals surface area contributed by atoms with Crippen molar-refractivity contribution in [1.29, 1.82) is 10.5 Å². The molecule has 41 heavy (non-hydrogen) atoms. The van der Waals surface area contributed by atoms with Crippen LogP contribution in [0.3, 0.4) is 0 Å². The van der Waals surface area contributed by atoms with Crippen molar-refractivity contribution in [2.45, 2.75) is 0 Å². The number of para-hydroxylation sites is 3. The molecule has 190 valence electrons. The molecular formula is C35H20N6. The Labute approximate surface area is 236 Å². The summed E-state index contributed by atoms with van der Waals surface area (Å²) in [6.45, 7) is 0. The number of rotatable bonds is 4. The summed E-state index contributed by atoms with van der Waals surface area (Å²) in [7, 11) is 0. The van der Waals surface area contributed by atoms with Crippen LogP contribution >= 0.6 is 0 Å². The molecule has 0 amide bonds. The zero-order valence-electron chi connectivity index (χ0n) is 21.7. The maximum Gasteiger partial charge on any atom is 0.166 e. The van der Waals surface area contributed by atoms with Crippen LogP contribution in [0, 0.1) is 22.7 Å². The summed E-state index contributed by atoms with van der Waals surface area (Å²) >= 11 is 0. The Kier molecular flexibility index (Phi) is 5.78. The Balaban J connectivity index is 1.52. The molecule has 7 rings (SSSR count). The van der Waals surface area contributed by atoms with E-state index in [0.717, 1.165) is 33.1 Å². The van der Waals surface area contributed by atoms with E-state index >= 15 is 0 Å². The van der Waals surface area contributed by atoms with E-state index in [2.05, 4.69) is 59.2 Å². The van der Waals surface area contributed by atoms with Crippen molar-refractivity contribution in [3.8, 4) is 52.0 Å². The van der Waals surface area contributed by atoms with E-state index in [-0.39, 0.29) is 0 Å². The molecule has 0 saturated heterocycles. The van der Waals surface area contributed by atoms with Crippen LogP contribution in [0.15, 0.2) is 121 Å². The fraction of sp³-hybridized carbons (Fsp3) is 0. The third kappa shape index (κ3) is 4.17. The highest BCUT2D eigenvalue weighted by atomic mass is 15.1. The van der Waals surface area contributed by atoms with Crippen LogP contribution in [0.1, 0.15) is 11.1 Å². The van der Waals surface area contributed by atoms with Crippen molar-refractivity contribution < 1.29 is 0 Å². The van der Waals surface area contributed by atoms with Gasteiger partial charge < -0.3 is 4.57 Å². The minimum Gasteiger partial charge on any atom is -0.309 e. The fourth-order valence-corrected chi connectivity index (χ4v) is 5.25. The molecule has 0 radical (unpaired) electrons. The number of fused-ring (bicyclic) bond motifs is 3. The third-order valence-corrected chi connectivity index (χ3v) is 7.10. The van der Waals surface area contributed by atoms with Gasteiger partial charge in [-0.25, -0.2) is 15.0 Å². The van der Waals surface area contributed by atoms with Gasteiger partial charge in [-0.2, -0.15) is 10.5 Å². The molecule has 0 saturated carbocycles. The molecule has 0 fully saturated rings. The van der Waals surface area contributed by atoms with Crippen molar-refractivity contribution in [2.75, 3.05) is 0 Å². The van der Waals surface area contributed by atoms with Gasteiger partial charge in [0.2, 0.25) is 0 Å². The topological polar surface area (TPSA) is 91.2 Å². The Morgan fingerprint density at radius 1 is 0.488 bits per heavy atom. The Morgan fingerprint density at radius 2 is 0.976 bits per heavy atom. The molecule has 6 nitrogen and oxygen atoms in total. The number of nitrogens with zero attached hydrogens (tertiary/aromatic N) is 6. The van der Waals surface area contributed by atoms with Gasteiger partial charge in [-0.3, -0.25) is 0 Å². The van der Waals surface area contributed by atoms with Gasteiger partial charge in [-0.1, -0.05) is 72.8 Å². The largest absolute Gasteiger partial charge is 0.309 e. The van der Waals surface area contributed by atoms with E-state index in [1.54, 1.807) is 24.3 Å². The fourth-order valence-electron chi connectivity index (χ4n) is 5.25. The van der Waals surface area contributed by atoms with Crippen molar-refractivity contribution in [1.82, 2.24) is 19.5 Å². The van der Waals surface area contributed by atoms with Gasteiger partial charge in [0, 0.05) is 27.5 Å². The second kappa shape index (κ2) is 9.89. The lowest BCUT2D eigenvalue weighted by atomic mass is 10.1. The van der Waals surface area contributed by atoms with E-state index in [9.17, 15) is 10.5 Å². The number of hydrogen-bond donors (Lipinski definition) is 0. The molecule has 2 aromatic heterocycles. The maximum atomic E-state index is 9.51. The van der Waals surface area contributed by atoms with Gasteiger partial charge >= 0.3 is 0 Å². The summed E-state index contributed by atoms with van der Waals surface area (Å²) < 4.78 is 2.25. The highest BCUT2D eigenvalue weighted by molar-refractivity contribution is 6.09. The first-order chi connectivity index (χ1) is 20.2. The summed E-state index contributed by atoms with van der Waals surface area (Å²) in [5.74, 6) is 1.38. The van der Waals surface area contributed by atoms with Crippen molar-refractivity contribution >= 4 is 21.8 Å². The number of nitriles is 2. The van der Waals surface area contributed by atoms with Gasteiger partial charge in [-0.05, 0) is 48.5 Å². The van der Waals surface area contributed by atoms with E-state index in [4.69, 9.17) is 15.0 Å². The van der Waals surface area contributed by atoms with Gasteiger partial charge in [-0.15, -0.1) is 0 Å². The normalized spacial score (nSPS) is 10.9. The zero-order valence-corrected chi connectivity index (χ0v) is 21.7. The average molecular weight is 525 g/mol. The summed E-state index contributed by atoms with van der Waals surface area (Å²) in [4.78, 5) is 14.7. The van der Waals surface area contributed by atoms with Gasteiger partial charge in [0.1, 0.15) is 0 Å². The van der Waals surface area contributed by atoms with Crippen LogP contribution in [-0.2, 0) is 0 Å². The van der Waals surface area contributed by atoms with E-state index in [1.807, 2.05) is 54.6 Å². The second-order valence-electron chi connectivity index (χ2n) is 9.58. The van der Waals surface area contributed by atoms with Crippen LogP contribution in [0.5, 0.6) is 0 Å². The lowest BCUT2D eigenvalue weighted by Crippen LogP contribution is -2.03. The van der Waals surface area contributed by atoms with E-state index in [0.29, 0.717) is 39.7 Å². The molecule has 0 atom stereocenters. The molecule has 6 heteroatoms. The van der Waals surface area contributed by atoms with Crippen LogP contribution in [0.25, 0.3) is 61.7 Å². The lowest BCUT2D eigenvalue weighted by molar-refractivity contribution is 1.06. The standard InChI is InChI=1S/C35H20N6/c36-21-23-9-7-11-25(19-23)33-38-34(26-12-8-10-24(20-26)22-37)40-35(39-33)29-15-3-6-18-32(29)41-30-16-4-1-13-27(30)28-14-2-5-17-31(28)41/h1-20H. The molecule has 7 aromatic rings. The van der Waals surface area contributed by atoms with Crippen molar-refractivity contribution in [2.24, 2.45) is 0 Å². The number of hydrogen-bond acceptors (Lipinski definition) is 5. The number of benzene rings is 5. The molecule has 0 aliphatic heterocycles. The maximum absolute atomic E-state index is 9.51. The summed E-state index contributed by atoms with van der Waals surface area (Å²) in [5, 5.41) is 21.3. The van der Waals surface area contributed by atoms with Crippen molar-refractivity contribution in [3.63, 3.8) is 0 Å². The molecule has 0 aliphatic rings. The van der Waals surface area contributed by atoms with Gasteiger partial charge in [0.15, 0.2) is 17.5 Å². The second-order valence-corrected chi connectivity index (χ2v) is 9.58. The van der Waals surface area contributed by atoms with E-state index < -0.39 is 0 Å². The van der Waals surface area contributed by atoms with E-state index in [1.165, 1.54) is 0 Å². The highest BCUT2D eigenvalue weighted by Crippen LogP contribution is 2.36. The number of aromatic nitrogens is 4. The first-order valence-electron chi connectivity index (χ1n) is 13.1. The minimum atomic E-state index is 0.446. The Hall–Kier alpha value is -6.11. The monoisotopic (exact) mass is 524 g/mol. The van der Waals surface area contributed by atoms with Crippen LogP contribution in [-0.4, -0.2) is 19.5 Å². The quantitative estimate of drug-likeness (QED) is 0.235. The summed E-state index contributed by atoms with van der Waals surface area (Å²) in [6.07, 6.45) is 0. The minimum absolute atomic E-state index is 0.446. The molecule has 5 aromatic carbocycles. The SMILES string of the molecule is N#Cc1cccc(-c2nc(-c3cccc(C#N)c3)nc(-c3ccccc3-n3c4ccccc4c4ccccc43)n2)c1. The predicted octanol–water partition coefficient (Wildman–Crippen LogP) is 7.71. The van der Waals surface area contributed by atoms with Crippen LogP contribution in [0.2, 0.25) is 0 Å². The predicted molar refractivity (Wildman–Crippen MR) is 160 cm³/mol. The van der Waals surface area contributed by atoms with Crippen LogP contribution in [0.4, 0.5) is 0 Å². The molecule has 0 bridgehead atoms. The smallest absolute Gasteiger partial charge is 0.166 e. The molecule has 0 N–H and O–H groups in total. The van der Waals surface area contributed by atoms with Gasteiger partial charge in [0.25, 0.3) is 0 Å². The van der Waals surface area contributed by atoms with Gasteiger partial charge in [0.05, 0.1) is 40.0 Å². The average Bonchev–Trinajstić information content (AvgIpc) is 3.39. The highest BCUT2D eigenvalue weighted by Gasteiger charge is 2.19. The molecule has 2 heterocycles. The first-order valence-corrected chi connectivity index (χ1v) is 13.1. The van der Waals surface area contributed by atoms with Crippen LogP contribution < -0.4 is 0 Å². The molecular weight excluding hydrogens is 504 g/mol. The Bertz CT molecular complexity index is 2070. The third-order valence-electron chi connectivity index (χ3n) is 7.10. The lowest BCUT2D eigenvalue weighted by Gasteiger charge is -2.14. The first kappa shape index (κ1) is 24.0. The molecule has 0 spiro atoms. The molecule has 0 aliphatic carbocycles. The van der Waals surface area contributed by atoms with Crippen molar-refractivity contribution in [3.05, 3.63) is 132 Å². The summed E-state index contributed by atoms with van der Waals surface area (Å²) in [6, 6.07) is 43.6.